The predicted molar refractivity (Wildman–Crippen MR) is 83.2 cm³/mol. The van der Waals surface area contributed by atoms with Gasteiger partial charge < -0.3 is 4.74 Å². The van der Waals surface area contributed by atoms with E-state index in [0.717, 1.165) is 36.5 Å². The van der Waals surface area contributed by atoms with Crippen molar-refractivity contribution in [3.05, 3.63) is 35.8 Å². The van der Waals surface area contributed by atoms with E-state index in [1.54, 1.807) is 12.4 Å². The number of ether oxygens (including phenoxy) is 1. The molecule has 1 atom stereocenters. The van der Waals surface area contributed by atoms with Gasteiger partial charge in [0.2, 0.25) is 0 Å². The number of hydrogen-bond donors (Lipinski definition) is 1. The number of aryl methyl sites for hydroxylation is 1. The normalized spacial score (nSPS) is 17.6. The van der Waals surface area contributed by atoms with Crippen molar-refractivity contribution >= 4 is 5.82 Å². The van der Waals surface area contributed by atoms with Crippen LogP contribution in [0, 0.1) is 19.8 Å². The molecule has 0 aromatic carbocycles. The summed E-state index contributed by atoms with van der Waals surface area (Å²) in [7, 11) is 0. The molecule has 1 aliphatic rings. The number of rotatable bonds is 5. The maximum absolute atomic E-state index is 5.59. The van der Waals surface area contributed by atoms with Crippen LogP contribution in [0.3, 0.4) is 0 Å². The monoisotopic (exact) mass is 300 g/mol. The Kier molecular flexibility index (Phi) is 4.60. The highest BCUT2D eigenvalue weighted by atomic mass is 16.6. The van der Waals surface area contributed by atoms with E-state index in [1.165, 1.54) is 0 Å². The molecule has 1 fully saturated rings. The quantitative estimate of drug-likeness (QED) is 0.856. The summed E-state index contributed by atoms with van der Waals surface area (Å²) < 4.78 is 5.34. The van der Waals surface area contributed by atoms with Gasteiger partial charge in [-0.25, -0.2) is 15.4 Å². The fourth-order valence-electron chi connectivity index (χ4n) is 2.29. The summed E-state index contributed by atoms with van der Waals surface area (Å²) in [5, 5.41) is 0. The summed E-state index contributed by atoms with van der Waals surface area (Å²) in [5.74, 6) is 1.80. The molecule has 1 unspecified atom stereocenters. The summed E-state index contributed by atoms with van der Waals surface area (Å²) in [4.78, 5) is 18.8. The first-order valence-electron chi connectivity index (χ1n) is 7.45. The van der Waals surface area contributed by atoms with Gasteiger partial charge in [0.05, 0.1) is 13.2 Å². The first-order valence-corrected chi connectivity index (χ1v) is 7.45. The van der Waals surface area contributed by atoms with Gasteiger partial charge in [-0.15, -0.1) is 0 Å². The number of hydrogen-bond acceptors (Lipinski definition) is 6. The molecule has 6 heteroatoms. The lowest BCUT2D eigenvalue weighted by Gasteiger charge is -2.13. The minimum atomic E-state index is 0.452. The molecule has 0 bridgehead atoms. The average molecular weight is 300 g/mol. The Hall–Kier alpha value is -2.05. The lowest BCUT2D eigenvalue weighted by molar-refractivity contribution is 0.126. The molecule has 0 spiro atoms. The van der Waals surface area contributed by atoms with E-state index in [1.807, 2.05) is 26.0 Å². The number of nitrogens with one attached hydrogen (secondary N) is 1. The standard InChI is InChI=1S/C16H20N4O2/c1-11-12(2)18-16(14-4-3-6-17-8-14)19-15(11)20-22-10-13-5-7-21-9-13/h3-4,6,8,13H,5,7,9-10H2,1-2H3,(H,18,19,20). The van der Waals surface area contributed by atoms with Crippen LogP contribution in [0.15, 0.2) is 24.5 Å². The van der Waals surface area contributed by atoms with Gasteiger partial charge in [0.1, 0.15) is 0 Å². The van der Waals surface area contributed by atoms with Gasteiger partial charge in [0.25, 0.3) is 0 Å². The van der Waals surface area contributed by atoms with Gasteiger partial charge in [-0.1, -0.05) is 0 Å². The minimum Gasteiger partial charge on any atom is -0.381 e. The van der Waals surface area contributed by atoms with Crippen LogP contribution in [0.25, 0.3) is 11.4 Å². The summed E-state index contributed by atoms with van der Waals surface area (Å²) in [6.45, 7) is 6.15. The third kappa shape index (κ3) is 3.40. The molecular formula is C16H20N4O2. The van der Waals surface area contributed by atoms with Crippen LogP contribution in [0.1, 0.15) is 17.7 Å². The molecule has 1 N–H and O–H groups in total. The smallest absolute Gasteiger partial charge is 0.163 e. The topological polar surface area (TPSA) is 69.2 Å². The SMILES string of the molecule is Cc1nc(-c2cccnc2)nc(NOCC2CCOC2)c1C. The van der Waals surface area contributed by atoms with E-state index in [-0.39, 0.29) is 0 Å². The van der Waals surface area contributed by atoms with Gasteiger partial charge >= 0.3 is 0 Å². The largest absolute Gasteiger partial charge is 0.381 e. The van der Waals surface area contributed by atoms with Crippen molar-refractivity contribution in [2.75, 3.05) is 25.3 Å². The maximum Gasteiger partial charge on any atom is 0.163 e. The van der Waals surface area contributed by atoms with Crippen LogP contribution >= 0.6 is 0 Å². The van der Waals surface area contributed by atoms with Gasteiger partial charge in [-0.3, -0.25) is 9.82 Å². The highest BCUT2D eigenvalue weighted by Crippen LogP contribution is 2.21. The second-order valence-electron chi connectivity index (χ2n) is 5.49. The van der Waals surface area contributed by atoms with Crippen molar-refractivity contribution < 1.29 is 9.57 Å². The van der Waals surface area contributed by atoms with E-state index in [4.69, 9.17) is 9.57 Å². The van der Waals surface area contributed by atoms with Crippen molar-refractivity contribution in [1.82, 2.24) is 15.0 Å². The van der Waals surface area contributed by atoms with Gasteiger partial charge in [-0.05, 0) is 32.4 Å². The molecule has 0 radical (unpaired) electrons. The van der Waals surface area contributed by atoms with Crippen LogP contribution in [-0.4, -0.2) is 34.8 Å². The molecule has 116 valence electrons. The Morgan fingerprint density at radius 3 is 3.00 bits per heavy atom. The third-order valence-electron chi connectivity index (χ3n) is 3.82. The molecule has 6 nitrogen and oxygen atoms in total. The molecule has 22 heavy (non-hydrogen) atoms. The zero-order chi connectivity index (χ0) is 15.4. The number of aromatic nitrogens is 3. The van der Waals surface area contributed by atoms with Crippen LogP contribution in [0.2, 0.25) is 0 Å². The maximum atomic E-state index is 5.59. The zero-order valence-electron chi connectivity index (χ0n) is 12.9. The number of anilines is 1. The van der Waals surface area contributed by atoms with E-state index in [2.05, 4.69) is 20.4 Å². The first-order chi connectivity index (χ1) is 10.7. The highest BCUT2D eigenvalue weighted by molar-refractivity contribution is 5.58. The molecule has 2 aromatic rings. The minimum absolute atomic E-state index is 0.452. The first kappa shape index (κ1) is 14.9. The van der Waals surface area contributed by atoms with E-state index in [0.29, 0.717) is 24.2 Å². The molecule has 1 aliphatic heterocycles. The molecule has 3 heterocycles. The second-order valence-corrected chi connectivity index (χ2v) is 5.49. The lowest BCUT2D eigenvalue weighted by Crippen LogP contribution is -2.15. The average Bonchev–Trinajstić information content (AvgIpc) is 3.05. The molecule has 0 aliphatic carbocycles. The second kappa shape index (κ2) is 6.81. The molecule has 1 saturated heterocycles. The Balaban J connectivity index is 1.73. The molecule has 3 rings (SSSR count). The Bertz CT molecular complexity index is 628. The summed E-state index contributed by atoms with van der Waals surface area (Å²) in [6, 6.07) is 3.81. The van der Waals surface area contributed by atoms with Crippen molar-refractivity contribution in [2.24, 2.45) is 5.92 Å². The van der Waals surface area contributed by atoms with E-state index < -0.39 is 0 Å². The van der Waals surface area contributed by atoms with Crippen molar-refractivity contribution in [1.29, 1.82) is 0 Å². The van der Waals surface area contributed by atoms with Crippen molar-refractivity contribution in [3.63, 3.8) is 0 Å². The molecule has 0 saturated carbocycles. The summed E-state index contributed by atoms with van der Waals surface area (Å²) in [6.07, 6.45) is 4.53. The highest BCUT2D eigenvalue weighted by Gasteiger charge is 2.16. The molecule has 2 aromatic heterocycles. The van der Waals surface area contributed by atoms with Crippen molar-refractivity contribution in [2.45, 2.75) is 20.3 Å². The Morgan fingerprint density at radius 1 is 1.36 bits per heavy atom. The van der Waals surface area contributed by atoms with Gasteiger partial charge in [0, 0.05) is 41.7 Å². The zero-order valence-corrected chi connectivity index (χ0v) is 12.9. The fraction of sp³-hybridized carbons (Fsp3) is 0.438. The van der Waals surface area contributed by atoms with Crippen molar-refractivity contribution in [3.8, 4) is 11.4 Å². The molecule has 0 amide bonds. The van der Waals surface area contributed by atoms with Crippen LogP contribution in [0.5, 0.6) is 0 Å². The van der Waals surface area contributed by atoms with Gasteiger partial charge in [-0.2, -0.15) is 0 Å². The Morgan fingerprint density at radius 2 is 2.27 bits per heavy atom. The third-order valence-corrected chi connectivity index (χ3v) is 3.82. The Labute approximate surface area is 129 Å². The van der Waals surface area contributed by atoms with Crippen LogP contribution in [0.4, 0.5) is 5.82 Å². The molecular weight excluding hydrogens is 280 g/mol. The number of nitrogens with zero attached hydrogens (tertiary/aromatic N) is 3. The van der Waals surface area contributed by atoms with Gasteiger partial charge in [0.15, 0.2) is 11.6 Å². The predicted octanol–water partition coefficient (Wildman–Crippen LogP) is 2.54. The van der Waals surface area contributed by atoms with Crippen LogP contribution in [-0.2, 0) is 9.57 Å². The number of pyridine rings is 1. The lowest BCUT2D eigenvalue weighted by atomic mass is 10.1. The van der Waals surface area contributed by atoms with E-state index in [9.17, 15) is 0 Å². The van der Waals surface area contributed by atoms with E-state index >= 15 is 0 Å². The summed E-state index contributed by atoms with van der Waals surface area (Å²) >= 11 is 0. The summed E-state index contributed by atoms with van der Waals surface area (Å²) in [5.41, 5.74) is 5.75. The van der Waals surface area contributed by atoms with Crippen LogP contribution < -0.4 is 5.48 Å². The fourth-order valence-corrected chi connectivity index (χ4v) is 2.29.